The van der Waals surface area contributed by atoms with E-state index in [1.54, 1.807) is 18.2 Å². The molecular weight excluding hydrogens is 512 g/mol. The number of carbonyl (C=O) groups is 1. The topological polar surface area (TPSA) is 122 Å². The number of amides is 1. The van der Waals surface area contributed by atoms with Crippen LogP contribution in [0.1, 0.15) is 52.6 Å². The summed E-state index contributed by atoms with van der Waals surface area (Å²) < 4.78 is 29.4. The monoisotopic (exact) mass is 548 g/mol. The molecule has 0 unspecified atom stereocenters. The molecule has 3 aromatic carbocycles. The molecule has 0 saturated heterocycles. The molecule has 9 heteroatoms. The van der Waals surface area contributed by atoms with Crippen LogP contribution >= 0.6 is 0 Å². The molecule has 2 aliphatic heterocycles. The van der Waals surface area contributed by atoms with Crippen LogP contribution in [-0.4, -0.2) is 49.2 Å². The molecule has 40 heavy (non-hydrogen) atoms. The van der Waals surface area contributed by atoms with Gasteiger partial charge in [-0.3, -0.25) is 4.79 Å². The van der Waals surface area contributed by atoms with Crippen LogP contribution in [0.4, 0.5) is 0 Å². The SMILES string of the molecule is CC1(C)OCc2cc([C@@H](O)CNCCc3ccc4c(c3)O[C@H](COCc3cccc(C(N)=O)c3)CO4)ccc2O1. The van der Waals surface area contributed by atoms with Crippen molar-refractivity contribution in [3.63, 3.8) is 0 Å². The van der Waals surface area contributed by atoms with Crippen LogP contribution < -0.4 is 25.3 Å². The number of nitrogens with two attached hydrogens (primary N) is 1. The van der Waals surface area contributed by atoms with E-state index in [0.717, 1.165) is 34.4 Å². The maximum atomic E-state index is 11.4. The summed E-state index contributed by atoms with van der Waals surface area (Å²) in [6, 6.07) is 18.7. The van der Waals surface area contributed by atoms with E-state index < -0.39 is 17.8 Å². The zero-order valence-corrected chi connectivity index (χ0v) is 22.9. The Morgan fingerprint density at radius 2 is 1.95 bits per heavy atom. The zero-order valence-electron chi connectivity index (χ0n) is 22.9. The van der Waals surface area contributed by atoms with Crippen LogP contribution in [0, 0.1) is 0 Å². The summed E-state index contributed by atoms with van der Waals surface area (Å²) in [7, 11) is 0. The molecule has 212 valence electrons. The Morgan fingerprint density at radius 3 is 2.80 bits per heavy atom. The summed E-state index contributed by atoms with van der Waals surface area (Å²) in [6.45, 7) is 6.43. The highest BCUT2D eigenvalue weighted by atomic mass is 16.7. The van der Waals surface area contributed by atoms with E-state index in [4.69, 9.17) is 29.4 Å². The van der Waals surface area contributed by atoms with Gasteiger partial charge in [0.15, 0.2) is 17.6 Å². The van der Waals surface area contributed by atoms with Gasteiger partial charge in [-0.2, -0.15) is 0 Å². The van der Waals surface area contributed by atoms with Gasteiger partial charge in [-0.15, -0.1) is 0 Å². The third kappa shape index (κ3) is 7.11. The van der Waals surface area contributed by atoms with E-state index in [1.807, 2.05) is 56.3 Å². The number of primary amides is 1. The molecule has 0 aromatic heterocycles. The smallest absolute Gasteiger partial charge is 0.248 e. The maximum absolute atomic E-state index is 11.4. The Bertz CT molecular complexity index is 1340. The molecule has 0 aliphatic carbocycles. The number of fused-ring (bicyclic) bond motifs is 2. The van der Waals surface area contributed by atoms with Gasteiger partial charge in [0, 0.05) is 31.5 Å². The van der Waals surface area contributed by atoms with Crippen molar-refractivity contribution in [2.75, 3.05) is 26.3 Å². The second-order valence-electron chi connectivity index (χ2n) is 10.5. The van der Waals surface area contributed by atoms with Gasteiger partial charge in [-0.05, 0) is 66.1 Å². The summed E-state index contributed by atoms with van der Waals surface area (Å²) in [5.41, 5.74) is 9.53. The lowest BCUT2D eigenvalue weighted by molar-refractivity contribution is -0.180. The van der Waals surface area contributed by atoms with Crippen molar-refractivity contribution in [2.24, 2.45) is 5.73 Å². The van der Waals surface area contributed by atoms with E-state index in [9.17, 15) is 9.90 Å². The molecule has 4 N–H and O–H groups in total. The second-order valence-corrected chi connectivity index (χ2v) is 10.5. The molecule has 3 aromatic rings. The van der Waals surface area contributed by atoms with Crippen molar-refractivity contribution < 1.29 is 33.6 Å². The van der Waals surface area contributed by atoms with E-state index in [-0.39, 0.29) is 6.10 Å². The molecule has 2 aliphatic rings. The third-order valence-electron chi connectivity index (χ3n) is 6.84. The highest BCUT2D eigenvalue weighted by Crippen LogP contribution is 2.34. The first-order chi connectivity index (χ1) is 19.3. The van der Waals surface area contributed by atoms with Crippen LogP contribution in [0.5, 0.6) is 17.2 Å². The fourth-order valence-corrected chi connectivity index (χ4v) is 4.67. The predicted octanol–water partition coefficient (Wildman–Crippen LogP) is 3.65. The first kappa shape index (κ1) is 27.9. The van der Waals surface area contributed by atoms with Gasteiger partial charge in [0.2, 0.25) is 11.7 Å². The molecule has 0 spiro atoms. The number of aliphatic hydroxyl groups is 1. The van der Waals surface area contributed by atoms with Crippen molar-refractivity contribution in [1.82, 2.24) is 5.32 Å². The molecule has 2 heterocycles. The average molecular weight is 549 g/mol. The highest BCUT2D eigenvalue weighted by Gasteiger charge is 2.28. The van der Waals surface area contributed by atoms with Gasteiger partial charge in [-0.25, -0.2) is 0 Å². The standard InChI is InChI=1S/C31H36N2O7/c1-31(2)38-17-24-14-22(7-9-27(24)40-31)26(34)15-33-11-10-20-6-8-28-29(13-20)39-25(19-37-28)18-36-16-21-4-3-5-23(12-21)30(32)35/h3-9,12-14,25-26,33-34H,10-11,15-19H2,1-2H3,(H2,32,35)/t25-,26+/m1/s1. The second kappa shape index (κ2) is 12.3. The lowest BCUT2D eigenvalue weighted by Gasteiger charge is -2.33. The number of hydrogen-bond donors (Lipinski definition) is 3. The quantitative estimate of drug-likeness (QED) is 0.311. The minimum absolute atomic E-state index is 0.242. The van der Waals surface area contributed by atoms with Gasteiger partial charge in [0.25, 0.3) is 0 Å². The van der Waals surface area contributed by atoms with Crippen LogP contribution in [0.2, 0.25) is 0 Å². The summed E-state index contributed by atoms with van der Waals surface area (Å²) in [5.74, 6) is 1.09. The molecule has 0 bridgehead atoms. The van der Waals surface area contributed by atoms with E-state index in [1.165, 1.54) is 0 Å². The Balaban J connectivity index is 1.06. The van der Waals surface area contributed by atoms with Gasteiger partial charge in [-0.1, -0.05) is 24.3 Å². The predicted molar refractivity (Wildman–Crippen MR) is 148 cm³/mol. The number of carbonyl (C=O) groups excluding carboxylic acids is 1. The Kier molecular flexibility index (Phi) is 8.56. The number of ether oxygens (including phenoxy) is 5. The average Bonchev–Trinajstić information content (AvgIpc) is 2.94. The van der Waals surface area contributed by atoms with Crippen LogP contribution in [0.15, 0.2) is 60.7 Å². The molecular formula is C31H36N2O7. The van der Waals surface area contributed by atoms with Crippen molar-refractivity contribution in [1.29, 1.82) is 0 Å². The molecule has 0 radical (unpaired) electrons. The summed E-state index contributed by atoms with van der Waals surface area (Å²) in [5, 5.41) is 14.0. The lowest BCUT2D eigenvalue weighted by atomic mass is 10.0. The number of benzene rings is 3. The largest absolute Gasteiger partial charge is 0.486 e. The number of rotatable bonds is 11. The zero-order chi connectivity index (χ0) is 28.1. The third-order valence-corrected chi connectivity index (χ3v) is 6.84. The Labute approximate surface area is 234 Å². The van der Waals surface area contributed by atoms with Crippen molar-refractivity contribution in [2.45, 2.75) is 51.5 Å². The Hall–Kier alpha value is -3.63. The molecule has 2 atom stereocenters. The fourth-order valence-electron chi connectivity index (χ4n) is 4.67. The minimum atomic E-state index is -0.640. The van der Waals surface area contributed by atoms with Gasteiger partial charge >= 0.3 is 0 Å². The first-order valence-electron chi connectivity index (χ1n) is 13.5. The summed E-state index contributed by atoms with van der Waals surface area (Å²) >= 11 is 0. The highest BCUT2D eigenvalue weighted by molar-refractivity contribution is 5.92. The van der Waals surface area contributed by atoms with Crippen LogP contribution in [0.3, 0.4) is 0 Å². The van der Waals surface area contributed by atoms with Crippen molar-refractivity contribution >= 4 is 5.91 Å². The number of aliphatic hydroxyl groups excluding tert-OH is 1. The number of nitrogens with one attached hydrogen (secondary N) is 1. The molecule has 0 fully saturated rings. The van der Waals surface area contributed by atoms with Gasteiger partial charge in [0.05, 0.1) is 25.9 Å². The van der Waals surface area contributed by atoms with Crippen LogP contribution in [0.25, 0.3) is 0 Å². The van der Waals surface area contributed by atoms with Crippen molar-refractivity contribution in [3.8, 4) is 17.2 Å². The molecule has 5 rings (SSSR count). The van der Waals surface area contributed by atoms with Gasteiger partial charge in [0.1, 0.15) is 12.4 Å². The first-order valence-corrected chi connectivity index (χ1v) is 13.5. The molecule has 1 amide bonds. The van der Waals surface area contributed by atoms with Gasteiger partial charge < -0.3 is 39.8 Å². The molecule has 0 saturated carbocycles. The van der Waals surface area contributed by atoms with Crippen LogP contribution in [-0.2, 0) is 29.1 Å². The van der Waals surface area contributed by atoms with Crippen molar-refractivity contribution in [3.05, 3.63) is 88.5 Å². The summed E-state index contributed by atoms with van der Waals surface area (Å²) in [6.07, 6.45) is -0.116. The number of hydrogen-bond acceptors (Lipinski definition) is 8. The lowest BCUT2D eigenvalue weighted by Crippen LogP contribution is -2.35. The Morgan fingerprint density at radius 1 is 1.10 bits per heavy atom. The van der Waals surface area contributed by atoms with E-state index >= 15 is 0 Å². The normalized spacial score (nSPS) is 17.9. The molecule has 9 nitrogen and oxygen atoms in total. The summed E-state index contributed by atoms with van der Waals surface area (Å²) in [4.78, 5) is 11.4. The maximum Gasteiger partial charge on any atom is 0.248 e. The minimum Gasteiger partial charge on any atom is -0.486 e. The fraction of sp³-hybridized carbons (Fsp3) is 0.387. The van der Waals surface area contributed by atoms with E-state index in [2.05, 4.69) is 5.32 Å². The van der Waals surface area contributed by atoms with E-state index in [0.29, 0.717) is 56.6 Å².